The third-order valence-electron chi connectivity index (χ3n) is 2.26. The van der Waals surface area contributed by atoms with E-state index in [2.05, 4.69) is 5.32 Å². The van der Waals surface area contributed by atoms with Gasteiger partial charge in [-0.05, 0) is 37.1 Å². The lowest BCUT2D eigenvalue weighted by Crippen LogP contribution is -2.40. The summed E-state index contributed by atoms with van der Waals surface area (Å²) in [6, 6.07) is 5.01. The third-order valence-corrected chi connectivity index (χ3v) is 3.86. The summed E-state index contributed by atoms with van der Waals surface area (Å²) in [5.41, 5.74) is 0. The van der Waals surface area contributed by atoms with E-state index in [1.54, 1.807) is 0 Å². The van der Waals surface area contributed by atoms with E-state index in [0.717, 1.165) is 12.8 Å². The molecule has 92 valence electrons. The van der Waals surface area contributed by atoms with Crippen molar-refractivity contribution >= 4 is 27.7 Å². The zero-order chi connectivity index (χ0) is 12.5. The van der Waals surface area contributed by atoms with Crippen LogP contribution in [-0.2, 0) is 10.0 Å². The Morgan fingerprint density at radius 2 is 1.82 bits per heavy atom. The van der Waals surface area contributed by atoms with Crippen molar-refractivity contribution in [3.05, 3.63) is 29.3 Å². The van der Waals surface area contributed by atoms with Gasteiger partial charge in [0.2, 0.25) is 0 Å². The molecule has 0 unspecified atom stereocenters. The number of halogens is 1. The average Bonchev–Trinajstić information content (AvgIpc) is 3.01. The van der Waals surface area contributed by atoms with Crippen molar-refractivity contribution in [1.82, 2.24) is 10.0 Å². The van der Waals surface area contributed by atoms with Crippen molar-refractivity contribution in [2.75, 3.05) is 0 Å². The zero-order valence-electron chi connectivity index (χ0n) is 8.81. The molecule has 1 aliphatic rings. The van der Waals surface area contributed by atoms with Gasteiger partial charge in [-0.3, -0.25) is 0 Å². The predicted octanol–water partition coefficient (Wildman–Crippen LogP) is 1.49. The number of benzene rings is 1. The van der Waals surface area contributed by atoms with Gasteiger partial charge in [0.15, 0.2) is 0 Å². The molecule has 2 N–H and O–H groups in total. The Hall–Kier alpha value is -1.27. The quantitative estimate of drug-likeness (QED) is 0.877. The molecule has 0 radical (unpaired) electrons. The molecule has 0 aromatic heterocycles. The fourth-order valence-corrected chi connectivity index (χ4v) is 2.28. The zero-order valence-corrected chi connectivity index (χ0v) is 10.4. The van der Waals surface area contributed by atoms with E-state index >= 15 is 0 Å². The molecule has 5 nitrogen and oxygen atoms in total. The van der Waals surface area contributed by atoms with Crippen molar-refractivity contribution in [2.45, 2.75) is 23.8 Å². The molecule has 1 aromatic rings. The first-order valence-corrected chi connectivity index (χ1v) is 6.92. The van der Waals surface area contributed by atoms with Crippen LogP contribution in [0.3, 0.4) is 0 Å². The molecule has 1 saturated carbocycles. The summed E-state index contributed by atoms with van der Waals surface area (Å²) in [4.78, 5) is 11.3. The van der Waals surface area contributed by atoms with Crippen LogP contribution in [0.2, 0.25) is 5.02 Å². The monoisotopic (exact) mass is 274 g/mol. The van der Waals surface area contributed by atoms with Crippen molar-refractivity contribution in [3.8, 4) is 0 Å². The first-order valence-electron chi connectivity index (χ1n) is 5.06. The van der Waals surface area contributed by atoms with Crippen LogP contribution in [-0.4, -0.2) is 20.5 Å². The largest absolute Gasteiger partial charge is 0.335 e. The van der Waals surface area contributed by atoms with Crippen LogP contribution in [0.1, 0.15) is 12.8 Å². The summed E-state index contributed by atoms with van der Waals surface area (Å²) in [6.45, 7) is 0. The fraction of sp³-hybridized carbons (Fsp3) is 0.300. The maximum Gasteiger partial charge on any atom is 0.328 e. The Kier molecular flexibility index (Phi) is 3.26. The molecule has 0 saturated heterocycles. The summed E-state index contributed by atoms with van der Waals surface area (Å²) in [7, 11) is -3.81. The van der Waals surface area contributed by atoms with Crippen LogP contribution in [0.4, 0.5) is 4.79 Å². The summed E-state index contributed by atoms with van der Waals surface area (Å²) < 4.78 is 25.4. The normalized spacial score (nSPS) is 15.4. The molecule has 1 fully saturated rings. The van der Waals surface area contributed by atoms with Gasteiger partial charge < -0.3 is 5.32 Å². The molecule has 0 aliphatic heterocycles. The van der Waals surface area contributed by atoms with Gasteiger partial charge in [-0.2, -0.15) is 0 Å². The third kappa shape index (κ3) is 3.34. The number of amides is 2. The van der Waals surface area contributed by atoms with E-state index in [4.69, 9.17) is 11.6 Å². The number of sulfonamides is 1. The smallest absolute Gasteiger partial charge is 0.328 e. The van der Waals surface area contributed by atoms with Crippen molar-refractivity contribution in [1.29, 1.82) is 0 Å². The molecular formula is C10H11ClN2O3S. The molecule has 17 heavy (non-hydrogen) atoms. The molecule has 0 heterocycles. The number of hydrogen-bond acceptors (Lipinski definition) is 3. The van der Waals surface area contributed by atoms with Crippen LogP contribution >= 0.6 is 11.6 Å². The molecule has 0 spiro atoms. The lowest BCUT2D eigenvalue weighted by Gasteiger charge is -2.07. The second kappa shape index (κ2) is 4.54. The van der Waals surface area contributed by atoms with Crippen molar-refractivity contribution in [2.24, 2.45) is 0 Å². The standard InChI is InChI=1S/C10H11ClN2O3S/c11-7-1-5-9(6-2-7)17(15,16)13-10(14)12-8-3-4-8/h1-2,5-6,8H,3-4H2,(H2,12,13,14). The first-order chi connectivity index (χ1) is 7.97. The van der Waals surface area contributed by atoms with Crippen LogP contribution in [0, 0.1) is 0 Å². The van der Waals surface area contributed by atoms with Gasteiger partial charge in [0.05, 0.1) is 4.90 Å². The Morgan fingerprint density at radius 1 is 1.24 bits per heavy atom. The molecule has 0 bridgehead atoms. The van der Waals surface area contributed by atoms with Gasteiger partial charge in [-0.1, -0.05) is 11.6 Å². The Bertz CT molecular complexity index is 523. The lowest BCUT2D eigenvalue weighted by molar-refractivity contribution is 0.245. The lowest BCUT2D eigenvalue weighted by atomic mass is 10.4. The number of carbonyl (C=O) groups excluding carboxylic acids is 1. The van der Waals surface area contributed by atoms with Crippen LogP contribution < -0.4 is 10.0 Å². The molecule has 2 rings (SSSR count). The second-order valence-electron chi connectivity index (χ2n) is 3.81. The summed E-state index contributed by atoms with van der Waals surface area (Å²) in [6.07, 6.45) is 1.79. The van der Waals surface area contributed by atoms with E-state index < -0.39 is 16.1 Å². The van der Waals surface area contributed by atoms with Gasteiger partial charge in [0, 0.05) is 11.1 Å². The number of hydrogen-bond donors (Lipinski definition) is 2. The predicted molar refractivity (Wildman–Crippen MR) is 63.3 cm³/mol. The minimum absolute atomic E-state index is 0.00727. The Balaban J connectivity index is 2.07. The second-order valence-corrected chi connectivity index (χ2v) is 5.93. The topological polar surface area (TPSA) is 75.3 Å². The number of carbonyl (C=O) groups is 1. The highest BCUT2D eigenvalue weighted by molar-refractivity contribution is 7.90. The van der Waals surface area contributed by atoms with E-state index in [1.807, 2.05) is 4.72 Å². The van der Waals surface area contributed by atoms with Crippen molar-refractivity contribution in [3.63, 3.8) is 0 Å². The van der Waals surface area contributed by atoms with Crippen LogP contribution in [0.15, 0.2) is 29.2 Å². The highest BCUT2D eigenvalue weighted by Crippen LogP contribution is 2.18. The molecule has 1 aromatic carbocycles. The van der Waals surface area contributed by atoms with Crippen LogP contribution in [0.25, 0.3) is 0 Å². The maximum atomic E-state index is 11.7. The average molecular weight is 275 g/mol. The van der Waals surface area contributed by atoms with E-state index in [1.165, 1.54) is 24.3 Å². The number of rotatable bonds is 3. The highest BCUT2D eigenvalue weighted by Gasteiger charge is 2.25. The van der Waals surface area contributed by atoms with Gasteiger partial charge in [0.1, 0.15) is 0 Å². The molecule has 1 aliphatic carbocycles. The Morgan fingerprint density at radius 3 is 2.35 bits per heavy atom. The summed E-state index contributed by atoms with van der Waals surface area (Å²) in [5, 5.41) is 2.97. The Labute approximate surface area is 104 Å². The molecule has 2 amide bonds. The highest BCUT2D eigenvalue weighted by atomic mass is 35.5. The van der Waals surface area contributed by atoms with Crippen molar-refractivity contribution < 1.29 is 13.2 Å². The van der Waals surface area contributed by atoms with Gasteiger partial charge >= 0.3 is 6.03 Å². The molecular weight excluding hydrogens is 264 g/mol. The van der Waals surface area contributed by atoms with E-state index in [-0.39, 0.29) is 10.9 Å². The molecule has 7 heteroatoms. The SMILES string of the molecule is O=C(NC1CC1)NS(=O)(=O)c1ccc(Cl)cc1. The van der Waals surface area contributed by atoms with Gasteiger partial charge in [0.25, 0.3) is 10.0 Å². The van der Waals surface area contributed by atoms with E-state index in [9.17, 15) is 13.2 Å². The summed E-state index contributed by atoms with van der Waals surface area (Å²) >= 11 is 5.65. The number of urea groups is 1. The van der Waals surface area contributed by atoms with Gasteiger partial charge in [-0.15, -0.1) is 0 Å². The van der Waals surface area contributed by atoms with Gasteiger partial charge in [-0.25, -0.2) is 17.9 Å². The van der Waals surface area contributed by atoms with E-state index in [0.29, 0.717) is 5.02 Å². The first kappa shape index (κ1) is 12.2. The minimum atomic E-state index is -3.81. The molecule has 0 atom stereocenters. The minimum Gasteiger partial charge on any atom is -0.335 e. The van der Waals surface area contributed by atoms with Crippen LogP contribution in [0.5, 0.6) is 0 Å². The summed E-state index contributed by atoms with van der Waals surface area (Å²) in [5.74, 6) is 0. The maximum absolute atomic E-state index is 11.7. The fourth-order valence-electron chi connectivity index (χ4n) is 1.24. The number of nitrogens with one attached hydrogen (secondary N) is 2.